The number of nitrogens with two attached hydrogens (primary N) is 1. The van der Waals surface area contributed by atoms with Gasteiger partial charge in [-0.3, -0.25) is 9.78 Å². The number of aryl methyl sites for hydroxylation is 1. The summed E-state index contributed by atoms with van der Waals surface area (Å²) in [7, 11) is 0. The molecular weight excluding hydrogens is 298 g/mol. The highest BCUT2D eigenvalue weighted by molar-refractivity contribution is 5.89. The largest absolute Gasteiger partial charge is 0.390 e. The molecule has 0 saturated heterocycles. The zero-order chi connectivity index (χ0) is 16.9. The van der Waals surface area contributed by atoms with Crippen LogP contribution in [0.15, 0.2) is 65.8 Å². The van der Waals surface area contributed by atoms with Crippen molar-refractivity contribution in [1.29, 1.82) is 0 Å². The highest BCUT2D eigenvalue weighted by Gasteiger charge is 2.10. The maximum Gasteiger partial charge on any atom is 0.152 e. The molecule has 24 heavy (non-hydrogen) atoms. The van der Waals surface area contributed by atoms with Gasteiger partial charge < -0.3 is 5.73 Å². The molecule has 4 heteroatoms. The molecule has 3 rings (SSSR count). The first-order chi connectivity index (χ1) is 11.7. The van der Waals surface area contributed by atoms with E-state index in [2.05, 4.69) is 29.0 Å². The number of aromatic nitrogens is 1. The fraction of sp³-hybridized carbons (Fsp3) is 0.0500. The van der Waals surface area contributed by atoms with Gasteiger partial charge in [0.25, 0.3) is 0 Å². The second-order valence-electron chi connectivity index (χ2n) is 5.44. The molecule has 0 amide bonds. The van der Waals surface area contributed by atoms with Crippen molar-refractivity contribution in [3.05, 3.63) is 71.9 Å². The number of nitrogens with zero attached hydrogens (tertiary/aromatic N) is 2. The van der Waals surface area contributed by atoms with Crippen molar-refractivity contribution in [2.45, 2.75) is 6.92 Å². The third-order valence-corrected chi connectivity index (χ3v) is 3.78. The van der Waals surface area contributed by atoms with Gasteiger partial charge in [-0.15, -0.1) is 0 Å². The molecule has 0 aliphatic rings. The monoisotopic (exact) mass is 315 g/mol. The van der Waals surface area contributed by atoms with Crippen molar-refractivity contribution in [1.82, 2.24) is 4.98 Å². The third-order valence-electron chi connectivity index (χ3n) is 3.78. The van der Waals surface area contributed by atoms with Crippen LogP contribution in [0.1, 0.15) is 15.9 Å². The Morgan fingerprint density at radius 2 is 1.92 bits per heavy atom. The Hall–Kier alpha value is -3.27. The van der Waals surface area contributed by atoms with Crippen molar-refractivity contribution in [3.63, 3.8) is 0 Å². The molecule has 1 aromatic heterocycles. The molecule has 0 unspecified atom stereocenters. The molecule has 2 aromatic carbocycles. The molecule has 4 nitrogen and oxygen atoms in total. The number of aliphatic imine (C=N–C) groups is 1. The molecule has 0 fully saturated rings. The van der Waals surface area contributed by atoms with Crippen LogP contribution in [-0.4, -0.2) is 17.6 Å². The number of pyridine rings is 1. The van der Waals surface area contributed by atoms with Gasteiger partial charge in [0.15, 0.2) is 6.29 Å². The number of aldehydes is 1. The van der Waals surface area contributed by atoms with Gasteiger partial charge in [-0.05, 0) is 36.8 Å². The minimum absolute atomic E-state index is 0.501. The smallest absolute Gasteiger partial charge is 0.152 e. The van der Waals surface area contributed by atoms with Gasteiger partial charge in [0, 0.05) is 22.9 Å². The minimum Gasteiger partial charge on any atom is -0.390 e. The Labute approximate surface area is 140 Å². The summed E-state index contributed by atoms with van der Waals surface area (Å²) in [6.45, 7) is 2.05. The maximum absolute atomic E-state index is 11.1. The van der Waals surface area contributed by atoms with E-state index >= 15 is 0 Å². The van der Waals surface area contributed by atoms with Gasteiger partial charge in [0.1, 0.15) is 0 Å². The zero-order valence-electron chi connectivity index (χ0n) is 13.3. The summed E-state index contributed by atoms with van der Waals surface area (Å²) in [4.78, 5) is 19.8. The van der Waals surface area contributed by atoms with E-state index in [4.69, 9.17) is 5.73 Å². The average molecular weight is 315 g/mol. The minimum atomic E-state index is 0.501. The first-order valence-electron chi connectivity index (χ1n) is 7.59. The van der Waals surface area contributed by atoms with Crippen molar-refractivity contribution in [2.24, 2.45) is 10.7 Å². The van der Waals surface area contributed by atoms with Gasteiger partial charge in [-0.25, -0.2) is 4.99 Å². The Bertz CT molecular complexity index is 916. The number of rotatable bonds is 4. The molecule has 0 aliphatic heterocycles. The highest BCUT2D eigenvalue weighted by atomic mass is 16.1. The molecule has 3 aromatic rings. The van der Waals surface area contributed by atoms with Crippen molar-refractivity contribution in [3.8, 4) is 22.4 Å². The third kappa shape index (κ3) is 3.08. The molecule has 1 heterocycles. The molecule has 0 aliphatic carbocycles. The lowest BCUT2D eigenvalue weighted by Gasteiger charge is -2.11. The second-order valence-corrected chi connectivity index (χ2v) is 5.44. The first-order valence-corrected chi connectivity index (χ1v) is 7.59. The molecule has 0 spiro atoms. The first kappa shape index (κ1) is 15.6. The maximum atomic E-state index is 11.1. The SMILES string of the molecule is Cc1cccc(-c2ncccc2-c2ccc(C=O)c(N=CN)c2)c1. The van der Waals surface area contributed by atoms with Gasteiger partial charge in [-0.1, -0.05) is 35.9 Å². The molecular formula is C20H17N3O. The lowest BCUT2D eigenvalue weighted by molar-refractivity contribution is 0.112. The van der Waals surface area contributed by atoms with Crippen LogP contribution < -0.4 is 5.73 Å². The Morgan fingerprint density at radius 1 is 1.04 bits per heavy atom. The summed E-state index contributed by atoms with van der Waals surface area (Å²) >= 11 is 0. The van der Waals surface area contributed by atoms with E-state index in [1.54, 1.807) is 12.3 Å². The van der Waals surface area contributed by atoms with Gasteiger partial charge in [0.05, 0.1) is 17.7 Å². The molecule has 2 N–H and O–H groups in total. The number of hydrogen-bond donors (Lipinski definition) is 1. The summed E-state index contributed by atoms with van der Waals surface area (Å²) in [5.41, 5.74) is 11.5. The summed E-state index contributed by atoms with van der Waals surface area (Å²) < 4.78 is 0. The summed E-state index contributed by atoms with van der Waals surface area (Å²) in [5, 5.41) is 0. The van der Waals surface area contributed by atoms with Gasteiger partial charge >= 0.3 is 0 Å². The lowest BCUT2D eigenvalue weighted by Crippen LogP contribution is -1.92. The Balaban J connectivity index is 2.17. The van der Waals surface area contributed by atoms with Crippen LogP contribution in [0, 0.1) is 6.92 Å². The predicted molar refractivity (Wildman–Crippen MR) is 97.6 cm³/mol. The topological polar surface area (TPSA) is 68.3 Å². The van der Waals surface area contributed by atoms with Crippen molar-refractivity contribution in [2.75, 3.05) is 0 Å². The number of carbonyl (C=O) groups excluding carboxylic acids is 1. The highest BCUT2D eigenvalue weighted by Crippen LogP contribution is 2.33. The van der Waals surface area contributed by atoms with Crippen LogP contribution in [0.4, 0.5) is 5.69 Å². The fourth-order valence-corrected chi connectivity index (χ4v) is 2.66. The summed E-state index contributed by atoms with van der Waals surface area (Å²) in [6.07, 6.45) is 3.74. The van der Waals surface area contributed by atoms with Gasteiger partial charge in [-0.2, -0.15) is 0 Å². The Morgan fingerprint density at radius 3 is 2.67 bits per heavy atom. The molecule has 0 radical (unpaired) electrons. The summed E-state index contributed by atoms with van der Waals surface area (Å²) in [5.74, 6) is 0. The predicted octanol–water partition coefficient (Wildman–Crippen LogP) is 4.16. The van der Waals surface area contributed by atoms with E-state index < -0.39 is 0 Å². The zero-order valence-corrected chi connectivity index (χ0v) is 13.3. The van der Waals surface area contributed by atoms with E-state index in [0.29, 0.717) is 11.3 Å². The fourth-order valence-electron chi connectivity index (χ4n) is 2.66. The summed E-state index contributed by atoms with van der Waals surface area (Å²) in [6, 6.07) is 17.6. The van der Waals surface area contributed by atoms with E-state index in [1.807, 2.05) is 36.4 Å². The van der Waals surface area contributed by atoms with Crippen LogP contribution in [0.3, 0.4) is 0 Å². The van der Waals surface area contributed by atoms with E-state index in [9.17, 15) is 4.79 Å². The molecule has 118 valence electrons. The lowest BCUT2D eigenvalue weighted by atomic mass is 9.97. The van der Waals surface area contributed by atoms with Crippen molar-refractivity contribution >= 4 is 18.3 Å². The number of carbonyl (C=O) groups is 1. The Kier molecular flexibility index (Phi) is 4.47. The quantitative estimate of drug-likeness (QED) is 0.446. The van der Waals surface area contributed by atoms with Crippen LogP contribution >= 0.6 is 0 Å². The van der Waals surface area contributed by atoms with E-state index in [-0.39, 0.29) is 0 Å². The standard InChI is InChI=1S/C20H17N3O/c1-14-4-2-5-16(10-14)20-18(6-3-9-22-20)15-7-8-17(12-24)19(11-15)23-13-21/h2-13H,1H3,(H2,21,23). The van der Waals surface area contributed by atoms with E-state index in [1.165, 1.54) is 11.9 Å². The van der Waals surface area contributed by atoms with Gasteiger partial charge in [0.2, 0.25) is 0 Å². The number of benzene rings is 2. The normalized spacial score (nSPS) is 10.9. The molecule has 0 atom stereocenters. The molecule has 0 bridgehead atoms. The van der Waals surface area contributed by atoms with Crippen LogP contribution in [0.25, 0.3) is 22.4 Å². The van der Waals surface area contributed by atoms with Crippen LogP contribution in [0.2, 0.25) is 0 Å². The molecule has 0 saturated carbocycles. The van der Waals surface area contributed by atoms with E-state index in [0.717, 1.165) is 28.7 Å². The van der Waals surface area contributed by atoms with Crippen LogP contribution in [-0.2, 0) is 0 Å². The second kappa shape index (κ2) is 6.87. The van der Waals surface area contributed by atoms with Crippen molar-refractivity contribution < 1.29 is 4.79 Å². The van der Waals surface area contributed by atoms with Crippen LogP contribution in [0.5, 0.6) is 0 Å². The number of hydrogen-bond acceptors (Lipinski definition) is 3. The average Bonchev–Trinajstić information content (AvgIpc) is 2.62.